The summed E-state index contributed by atoms with van der Waals surface area (Å²) >= 11 is 0. The molecule has 11 nitrogen and oxygen atoms in total. The molecule has 0 atom stereocenters. The highest BCUT2D eigenvalue weighted by Crippen LogP contribution is 2.36. The Morgan fingerprint density at radius 3 is 2.26 bits per heavy atom. The minimum atomic E-state index is -4.55. The maximum atomic E-state index is 13.4. The molecule has 0 unspecified atom stereocenters. The van der Waals surface area contributed by atoms with Crippen molar-refractivity contribution in [3.63, 3.8) is 0 Å². The SMILES string of the molecule is COc1cc(NC(=O)C2=CC(C(F)(F)F)=C(C)CC2)cc(NC(=O)N(C)c2cc(Nc3ccc(N4CCN(C)CC4)cc3)ncn2)c1. The predicted molar refractivity (Wildman–Crippen MR) is 177 cm³/mol. The highest BCUT2D eigenvalue weighted by atomic mass is 19.4. The van der Waals surface area contributed by atoms with Crippen molar-refractivity contribution in [2.75, 3.05) is 73.1 Å². The van der Waals surface area contributed by atoms with Crippen LogP contribution >= 0.6 is 0 Å². The minimum absolute atomic E-state index is 0.00946. The van der Waals surface area contributed by atoms with Crippen molar-refractivity contribution >= 4 is 46.3 Å². The van der Waals surface area contributed by atoms with Gasteiger partial charge in [-0.15, -0.1) is 0 Å². The van der Waals surface area contributed by atoms with Gasteiger partial charge < -0.3 is 30.5 Å². The van der Waals surface area contributed by atoms with Gasteiger partial charge in [-0.25, -0.2) is 14.8 Å². The van der Waals surface area contributed by atoms with Gasteiger partial charge in [0.1, 0.15) is 23.7 Å². The van der Waals surface area contributed by atoms with Gasteiger partial charge >= 0.3 is 12.2 Å². The largest absolute Gasteiger partial charge is 0.497 e. The number of carbonyl (C=O) groups excluding carboxylic acids is 2. The van der Waals surface area contributed by atoms with E-state index in [9.17, 15) is 22.8 Å². The maximum absolute atomic E-state index is 13.4. The lowest BCUT2D eigenvalue weighted by atomic mass is 9.92. The van der Waals surface area contributed by atoms with E-state index in [1.165, 1.54) is 37.4 Å². The standard InChI is InChI=1S/C33H37F3N8O3/c1-21-5-6-22(15-28(21)33(34,35)36)31(45)40-24-16-25(18-27(17-24)47-4)41-32(46)43(3)30-19-29(37-20-38-30)39-23-7-9-26(10-8-23)44-13-11-42(2)12-14-44/h7-10,15-20H,5-6,11-14H2,1-4H3,(H,40,45)(H,41,46)(H,37,38,39). The lowest BCUT2D eigenvalue weighted by molar-refractivity contribution is -0.113. The smallest absolute Gasteiger partial charge is 0.416 e. The van der Waals surface area contributed by atoms with E-state index in [2.05, 4.69) is 54.9 Å². The zero-order valence-electron chi connectivity index (χ0n) is 26.6. The van der Waals surface area contributed by atoms with Crippen LogP contribution in [0.1, 0.15) is 19.8 Å². The number of ether oxygens (including phenoxy) is 1. The number of halogens is 3. The number of urea groups is 1. The monoisotopic (exact) mass is 650 g/mol. The number of nitrogens with one attached hydrogen (secondary N) is 3. The Morgan fingerprint density at radius 2 is 1.60 bits per heavy atom. The molecule has 1 aliphatic carbocycles. The van der Waals surface area contributed by atoms with E-state index < -0.39 is 23.7 Å². The Balaban J connectivity index is 1.23. The van der Waals surface area contributed by atoms with Gasteiger partial charge in [0.25, 0.3) is 5.91 Å². The molecule has 2 aliphatic rings. The summed E-state index contributed by atoms with van der Waals surface area (Å²) in [6, 6.07) is 13.7. The second-order valence-electron chi connectivity index (χ2n) is 11.5. The molecule has 1 saturated heterocycles. The van der Waals surface area contributed by atoms with Crippen LogP contribution < -0.4 is 30.5 Å². The molecule has 2 aromatic carbocycles. The number of carbonyl (C=O) groups is 2. The number of aromatic nitrogens is 2. The lowest BCUT2D eigenvalue weighted by Crippen LogP contribution is -2.44. The summed E-state index contributed by atoms with van der Waals surface area (Å²) in [6.07, 6.45) is -2.01. The topological polar surface area (TPSA) is 115 Å². The van der Waals surface area contributed by atoms with Crippen LogP contribution in [0, 0.1) is 0 Å². The van der Waals surface area contributed by atoms with Gasteiger partial charge in [-0.3, -0.25) is 9.69 Å². The third-order valence-electron chi connectivity index (χ3n) is 8.11. The van der Waals surface area contributed by atoms with Crippen molar-refractivity contribution in [1.82, 2.24) is 14.9 Å². The summed E-state index contributed by atoms with van der Waals surface area (Å²) in [4.78, 5) is 40.6. The van der Waals surface area contributed by atoms with E-state index >= 15 is 0 Å². The number of anilines is 6. The summed E-state index contributed by atoms with van der Waals surface area (Å²) in [5.41, 5.74) is 1.89. The fourth-order valence-corrected chi connectivity index (χ4v) is 5.28. The normalized spacial score (nSPS) is 15.6. The first-order valence-electron chi connectivity index (χ1n) is 15.0. The molecule has 14 heteroatoms. The first-order valence-corrected chi connectivity index (χ1v) is 15.0. The zero-order valence-corrected chi connectivity index (χ0v) is 26.6. The first kappa shape index (κ1) is 33.3. The van der Waals surface area contributed by atoms with Gasteiger partial charge in [-0.05, 0) is 63.2 Å². The molecular weight excluding hydrogens is 613 g/mol. The molecule has 1 aliphatic heterocycles. The molecule has 0 radical (unpaired) electrons. The molecule has 0 bridgehead atoms. The zero-order chi connectivity index (χ0) is 33.7. The summed E-state index contributed by atoms with van der Waals surface area (Å²) in [5.74, 6) is 0.455. The fraction of sp³-hybridized carbons (Fsp3) is 0.333. The van der Waals surface area contributed by atoms with Crippen LogP contribution in [-0.2, 0) is 4.79 Å². The summed E-state index contributed by atoms with van der Waals surface area (Å²) in [5, 5.41) is 8.62. The van der Waals surface area contributed by atoms with Gasteiger partial charge in [0, 0.05) is 79.7 Å². The Hall–Kier alpha value is -5.11. The number of alkyl halides is 3. The summed E-state index contributed by atoms with van der Waals surface area (Å²) < 4.78 is 45.6. The Kier molecular flexibility index (Phi) is 9.99. The van der Waals surface area contributed by atoms with Crippen LogP contribution in [0.25, 0.3) is 0 Å². The molecule has 2 heterocycles. The molecule has 248 valence electrons. The van der Waals surface area contributed by atoms with E-state index in [0.29, 0.717) is 17.4 Å². The number of hydrogen-bond acceptors (Lipinski definition) is 8. The molecule has 1 fully saturated rings. The fourth-order valence-electron chi connectivity index (χ4n) is 5.28. The molecule has 47 heavy (non-hydrogen) atoms. The van der Waals surface area contributed by atoms with E-state index in [0.717, 1.165) is 43.6 Å². The van der Waals surface area contributed by atoms with Gasteiger partial charge in [-0.1, -0.05) is 5.57 Å². The number of hydrogen-bond donors (Lipinski definition) is 3. The predicted octanol–water partition coefficient (Wildman–Crippen LogP) is 6.19. The number of rotatable bonds is 8. The average Bonchev–Trinajstić information content (AvgIpc) is 3.04. The lowest BCUT2D eigenvalue weighted by Gasteiger charge is -2.34. The van der Waals surface area contributed by atoms with E-state index in [-0.39, 0.29) is 35.4 Å². The summed E-state index contributed by atoms with van der Waals surface area (Å²) in [6.45, 7) is 5.40. The number of allylic oxidation sites excluding steroid dienone is 3. The molecule has 3 N–H and O–H groups in total. The van der Waals surface area contributed by atoms with Crippen LogP contribution in [0.15, 0.2) is 77.7 Å². The second kappa shape index (κ2) is 14.1. The minimum Gasteiger partial charge on any atom is -0.497 e. The van der Waals surface area contributed by atoms with Crippen LogP contribution in [0.5, 0.6) is 5.75 Å². The van der Waals surface area contributed by atoms with Crippen LogP contribution in [-0.4, -0.2) is 80.4 Å². The highest BCUT2D eigenvalue weighted by Gasteiger charge is 2.36. The third-order valence-corrected chi connectivity index (χ3v) is 8.11. The number of benzene rings is 2. The third kappa shape index (κ3) is 8.38. The van der Waals surface area contributed by atoms with Gasteiger partial charge in [0.05, 0.1) is 12.7 Å². The molecule has 5 rings (SSSR count). The Morgan fingerprint density at radius 1 is 0.915 bits per heavy atom. The van der Waals surface area contributed by atoms with E-state index in [1.54, 1.807) is 19.2 Å². The van der Waals surface area contributed by atoms with Crippen LogP contribution in [0.3, 0.4) is 0 Å². The quantitative estimate of drug-likeness (QED) is 0.265. The van der Waals surface area contributed by atoms with Gasteiger partial charge in [0.15, 0.2) is 0 Å². The number of likely N-dealkylation sites (N-methyl/N-ethyl adjacent to an activating group) is 1. The highest BCUT2D eigenvalue weighted by molar-refractivity contribution is 6.05. The number of methoxy groups -OCH3 is 1. The molecule has 3 aromatic rings. The number of amides is 3. The van der Waals surface area contributed by atoms with Crippen LogP contribution in [0.2, 0.25) is 0 Å². The van der Waals surface area contributed by atoms with Crippen molar-refractivity contribution < 1.29 is 27.5 Å². The second-order valence-corrected chi connectivity index (χ2v) is 11.5. The molecule has 0 spiro atoms. The first-order chi connectivity index (χ1) is 22.4. The number of piperazine rings is 1. The summed E-state index contributed by atoms with van der Waals surface area (Å²) in [7, 11) is 5.08. The molecule has 0 saturated carbocycles. The van der Waals surface area contributed by atoms with Crippen molar-refractivity contribution in [2.45, 2.75) is 25.9 Å². The van der Waals surface area contributed by atoms with Crippen LogP contribution in [0.4, 0.5) is 52.4 Å². The van der Waals surface area contributed by atoms with Gasteiger partial charge in [-0.2, -0.15) is 13.2 Å². The Bertz CT molecular complexity index is 1680. The molecule has 1 aromatic heterocycles. The van der Waals surface area contributed by atoms with Crippen molar-refractivity contribution in [1.29, 1.82) is 0 Å². The van der Waals surface area contributed by atoms with E-state index in [4.69, 9.17) is 4.74 Å². The average molecular weight is 651 g/mol. The van der Waals surface area contributed by atoms with Crippen molar-refractivity contribution in [2.24, 2.45) is 0 Å². The van der Waals surface area contributed by atoms with E-state index in [1.807, 2.05) is 12.1 Å². The maximum Gasteiger partial charge on any atom is 0.416 e. The Labute approximate surface area is 271 Å². The van der Waals surface area contributed by atoms with Gasteiger partial charge in [0.2, 0.25) is 0 Å². The molecule has 3 amide bonds. The van der Waals surface area contributed by atoms with Crippen molar-refractivity contribution in [3.05, 3.63) is 77.7 Å². The molecular formula is C33H37F3N8O3. The number of nitrogens with zero attached hydrogens (tertiary/aromatic N) is 5. The van der Waals surface area contributed by atoms with Crippen molar-refractivity contribution in [3.8, 4) is 5.75 Å².